The molecule has 2 heteroatoms. The van der Waals surface area contributed by atoms with Crippen molar-refractivity contribution < 1.29 is 5.11 Å². The largest absolute Gasteiger partial charge is 0.387 e. The van der Waals surface area contributed by atoms with Gasteiger partial charge in [-0.15, -0.1) is 0 Å². The summed E-state index contributed by atoms with van der Waals surface area (Å²) in [6.07, 6.45) is 4.30. The maximum Gasteiger partial charge on any atom is 0.0947 e. The van der Waals surface area contributed by atoms with Crippen LogP contribution in [0.5, 0.6) is 0 Å². The molecule has 0 saturated heterocycles. The lowest BCUT2D eigenvalue weighted by atomic mass is 9.84. The van der Waals surface area contributed by atoms with Gasteiger partial charge in [-0.1, -0.05) is 57.9 Å². The van der Waals surface area contributed by atoms with Crippen molar-refractivity contribution in [3.8, 4) is 0 Å². The molecule has 2 atom stereocenters. The molecule has 112 valence electrons. The van der Waals surface area contributed by atoms with Gasteiger partial charge in [0.25, 0.3) is 0 Å². The van der Waals surface area contributed by atoms with E-state index in [0.717, 1.165) is 37.4 Å². The summed E-state index contributed by atoms with van der Waals surface area (Å²) in [6.45, 7) is 8.91. The fourth-order valence-electron chi connectivity index (χ4n) is 3.48. The minimum atomic E-state index is -0.325. The molecule has 2 unspecified atom stereocenters. The first-order chi connectivity index (χ1) is 9.71. The van der Waals surface area contributed by atoms with Crippen molar-refractivity contribution in [2.75, 3.05) is 13.1 Å². The summed E-state index contributed by atoms with van der Waals surface area (Å²) >= 11 is 0. The fraction of sp³-hybridized carbons (Fsp3) is 0.667. The Morgan fingerprint density at radius 1 is 1.20 bits per heavy atom. The third kappa shape index (κ3) is 3.24. The third-order valence-electron chi connectivity index (χ3n) is 4.97. The Labute approximate surface area is 123 Å². The van der Waals surface area contributed by atoms with Crippen LogP contribution in [-0.4, -0.2) is 29.1 Å². The van der Waals surface area contributed by atoms with E-state index in [4.69, 9.17) is 0 Å². The normalized spacial score (nSPS) is 22.3. The van der Waals surface area contributed by atoms with Crippen molar-refractivity contribution in [1.82, 2.24) is 4.90 Å². The van der Waals surface area contributed by atoms with E-state index in [1.165, 1.54) is 18.4 Å². The van der Waals surface area contributed by atoms with Crippen LogP contribution in [0, 0.1) is 5.92 Å². The predicted molar refractivity (Wildman–Crippen MR) is 84.8 cm³/mol. The molecule has 2 rings (SSSR count). The van der Waals surface area contributed by atoms with Crippen LogP contribution in [0.25, 0.3) is 0 Å². The Hall–Kier alpha value is -0.860. The van der Waals surface area contributed by atoms with Gasteiger partial charge in [-0.25, -0.2) is 0 Å². The molecular weight excluding hydrogens is 246 g/mol. The van der Waals surface area contributed by atoms with E-state index >= 15 is 0 Å². The zero-order valence-corrected chi connectivity index (χ0v) is 13.2. The van der Waals surface area contributed by atoms with Gasteiger partial charge in [0.15, 0.2) is 0 Å². The second kappa shape index (κ2) is 7.24. The molecule has 0 radical (unpaired) electrons. The van der Waals surface area contributed by atoms with Crippen LogP contribution in [0.2, 0.25) is 0 Å². The molecule has 1 N–H and O–H groups in total. The Morgan fingerprint density at radius 2 is 1.90 bits per heavy atom. The minimum Gasteiger partial charge on any atom is -0.387 e. The van der Waals surface area contributed by atoms with Gasteiger partial charge < -0.3 is 5.11 Å². The Kier molecular flexibility index (Phi) is 5.62. The first kappa shape index (κ1) is 15.5. The zero-order valence-electron chi connectivity index (χ0n) is 13.2. The second-order valence-corrected chi connectivity index (χ2v) is 6.02. The van der Waals surface area contributed by atoms with E-state index in [0.29, 0.717) is 0 Å². The Bertz CT molecular complexity index is 414. The Morgan fingerprint density at radius 3 is 2.55 bits per heavy atom. The number of aliphatic hydroxyl groups is 1. The van der Waals surface area contributed by atoms with E-state index in [1.807, 2.05) is 6.07 Å². The molecule has 0 amide bonds. The maximum absolute atomic E-state index is 10.7. The van der Waals surface area contributed by atoms with Gasteiger partial charge >= 0.3 is 0 Å². The maximum atomic E-state index is 10.7. The van der Waals surface area contributed by atoms with Gasteiger partial charge in [0.1, 0.15) is 0 Å². The molecule has 2 nitrogen and oxygen atoms in total. The van der Waals surface area contributed by atoms with Gasteiger partial charge in [0.2, 0.25) is 0 Å². The van der Waals surface area contributed by atoms with Crippen molar-refractivity contribution >= 4 is 0 Å². The first-order valence-electron chi connectivity index (χ1n) is 8.21. The number of likely N-dealkylation sites (N-methyl/N-ethyl adjacent to an activating group) is 1. The first-order valence-corrected chi connectivity index (χ1v) is 8.21. The third-order valence-corrected chi connectivity index (χ3v) is 4.97. The molecule has 1 aromatic rings. The highest BCUT2D eigenvalue weighted by Gasteiger charge is 2.31. The summed E-state index contributed by atoms with van der Waals surface area (Å²) in [6, 6.07) is 8.66. The molecule has 1 aromatic carbocycles. The number of rotatable bonds is 6. The molecule has 0 heterocycles. The zero-order chi connectivity index (χ0) is 14.5. The number of fused-ring (bicyclic) bond motifs is 1. The second-order valence-electron chi connectivity index (χ2n) is 6.02. The molecule has 1 aliphatic carbocycles. The van der Waals surface area contributed by atoms with Crippen molar-refractivity contribution in [2.24, 2.45) is 5.92 Å². The molecule has 0 fully saturated rings. The molecule has 0 saturated carbocycles. The van der Waals surface area contributed by atoms with Crippen LogP contribution < -0.4 is 0 Å². The lowest BCUT2D eigenvalue weighted by Gasteiger charge is -2.39. The number of aryl methyl sites for hydroxylation is 1. The van der Waals surface area contributed by atoms with Crippen molar-refractivity contribution in [2.45, 2.75) is 58.6 Å². The quantitative estimate of drug-likeness (QED) is 0.853. The van der Waals surface area contributed by atoms with Gasteiger partial charge in [-0.2, -0.15) is 0 Å². The van der Waals surface area contributed by atoms with Crippen LogP contribution in [0.1, 0.15) is 57.3 Å². The predicted octanol–water partition coefficient (Wildman–Crippen LogP) is 3.79. The Balaban J connectivity index is 2.12. The van der Waals surface area contributed by atoms with Crippen LogP contribution in [0.3, 0.4) is 0 Å². The molecular formula is C18H29NO. The van der Waals surface area contributed by atoms with E-state index < -0.39 is 0 Å². The van der Waals surface area contributed by atoms with E-state index in [9.17, 15) is 5.11 Å². The van der Waals surface area contributed by atoms with E-state index in [-0.39, 0.29) is 12.1 Å². The number of aliphatic hydroxyl groups excluding tert-OH is 1. The van der Waals surface area contributed by atoms with Gasteiger partial charge in [0, 0.05) is 12.6 Å². The van der Waals surface area contributed by atoms with Crippen molar-refractivity contribution in [3.63, 3.8) is 0 Å². The topological polar surface area (TPSA) is 23.5 Å². The van der Waals surface area contributed by atoms with E-state index in [2.05, 4.69) is 43.9 Å². The smallest absolute Gasteiger partial charge is 0.0947 e. The molecule has 0 aliphatic heterocycles. The highest BCUT2D eigenvalue weighted by Crippen LogP contribution is 2.33. The number of hydrogen-bond donors (Lipinski definition) is 1. The average molecular weight is 275 g/mol. The lowest BCUT2D eigenvalue weighted by molar-refractivity contribution is 0.0296. The summed E-state index contributed by atoms with van der Waals surface area (Å²) in [5, 5.41) is 10.7. The molecule has 0 spiro atoms. The summed E-state index contributed by atoms with van der Waals surface area (Å²) < 4.78 is 0. The van der Waals surface area contributed by atoms with Gasteiger partial charge in [-0.05, 0) is 36.4 Å². The summed E-state index contributed by atoms with van der Waals surface area (Å²) in [5.41, 5.74) is 2.47. The van der Waals surface area contributed by atoms with Gasteiger partial charge in [-0.3, -0.25) is 4.90 Å². The van der Waals surface area contributed by atoms with Crippen LogP contribution in [0.4, 0.5) is 0 Å². The van der Waals surface area contributed by atoms with Crippen LogP contribution in [0.15, 0.2) is 24.3 Å². The molecule has 1 aliphatic rings. The number of nitrogens with zero attached hydrogens (tertiary/aromatic N) is 1. The SMILES string of the molecule is CCC(CC)CN(CC)C1CCc2ccccc2C1O. The van der Waals surface area contributed by atoms with Gasteiger partial charge in [0.05, 0.1) is 6.10 Å². The summed E-state index contributed by atoms with van der Waals surface area (Å²) in [5.74, 6) is 0.749. The lowest BCUT2D eigenvalue weighted by Crippen LogP contribution is -2.44. The van der Waals surface area contributed by atoms with Crippen molar-refractivity contribution in [3.05, 3.63) is 35.4 Å². The van der Waals surface area contributed by atoms with E-state index in [1.54, 1.807) is 0 Å². The standard InChI is InChI=1S/C18H29NO/c1-4-14(5-2)13-19(6-3)17-12-11-15-9-7-8-10-16(15)18(17)20/h7-10,14,17-18,20H,4-6,11-13H2,1-3H3. The number of benzene rings is 1. The summed E-state index contributed by atoms with van der Waals surface area (Å²) in [7, 11) is 0. The molecule has 0 bridgehead atoms. The van der Waals surface area contributed by atoms with Crippen LogP contribution >= 0.6 is 0 Å². The molecule has 20 heavy (non-hydrogen) atoms. The van der Waals surface area contributed by atoms with Crippen LogP contribution in [-0.2, 0) is 6.42 Å². The summed E-state index contributed by atoms with van der Waals surface area (Å²) in [4.78, 5) is 2.50. The minimum absolute atomic E-state index is 0.287. The fourth-order valence-corrected chi connectivity index (χ4v) is 3.48. The highest BCUT2D eigenvalue weighted by atomic mass is 16.3. The molecule has 0 aromatic heterocycles. The number of hydrogen-bond acceptors (Lipinski definition) is 2. The average Bonchev–Trinajstić information content (AvgIpc) is 2.50. The van der Waals surface area contributed by atoms with Crippen molar-refractivity contribution in [1.29, 1.82) is 0 Å². The monoisotopic (exact) mass is 275 g/mol. The highest BCUT2D eigenvalue weighted by molar-refractivity contribution is 5.32.